The summed E-state index contributed by atoms with van der Waals surface area (Å²) in [6, 6.07) is 94.5. The number of hydrogen-bond acceptors (Lipinski definition) is 3. The molecule has 76 heavy (non-hydrogen) atoms. The average Bonchev–Trinajstić information content (AvgIpc) is 3.94. The maximum absolute atomic E-state index is 8.05. The second-order valence-corrected chi connectivity index (χ2v) is 21.9. The van der Waals surface area contributed by atoms with Crippen LogP contribution < -0.4 is 14.5 Å². The van der Waals surface area contributed by atoms with Crippen LogP contribution in [0.2, 0.25) is 0 Å². The van der Waals surface area contributed by atoms with Gasteiger partial charge >= 0.3 is 0 Å². The van der Waals surface area contributed by atoms with Crippen LogP contribution in [-0.4, -0.2) is 0 Å². The van der Waals surface area contributed by atoms with Crippen LogP contribution in [0.1, 0.15) is 72.2 Å². The second-order valence-electron chi connectivity index (χ2n) is 21.9. The van der Waals surface area contributed by atoms with E-state index in [1.54, 1.807) is 0 Å². The van der Waals surface area contributed by atoms with Crippen molar-refractivity contribution in [1.29, 1.82) is 0 Å². The summed E-state index contributed by atoms with van der Waals surface area (Å²) in [5.41, 5.74) is 24.8. The van der Waals surface area contributed by atoms with Gasteiger partial charge in [0, 0.05) is 44.7 Å². The lowest BCUT2D eigenvalue weighted by atomic mass is 9.62. The predicted molar refractivity (Wildman–Crippen MR) is 314 cm³/mol. The van der Waals surface area contributed by atoms with Gasteiger partial charge in [0.1, 0.15) is 0 Å². The van der Waals surface area contributed by atoms with Crippen molar-refractivity contribution in [2.24, 2.45) is 0 Å². The number of hydrogen-bond donors (Lipinski definition) is 0. The van der Waals surface area contributed by atoms with Crippen molar-refractivity contribution in [3.05, 3.63) is 299 Å². The first kappa shape index (κ1) is 44.3. The van der Waals surface area contributed by atoms with Gasteiger partial charge in [0.15, 0.2) is 11.5 Å². The number of rotatable bonds is 6. The van der Waals surface area contributed by atoms with Crippen LogP contribution in [-0.2, 0) is 16.2 Å². The van der Waals surface area contributed by atoms with Gasteiger partial charge < -0.3 is 14.5 Å². The maximum Gasteiger partial charge on any atom is 0.156 e. The highest BCUT2D eigenvalue weighted by molar-refractivity contribution is 5.97. The summed E-state index contributed by atoms with van der Waals surface area (Å²) in [5.74, 6) is 1.62. The summed E-state index contributed by atoms with van der Waals surface area (Å²) >= 11 is 0. The minimum Gasteiger partial charge on any atom is -0.452 e. The van der Waals surface area contributed by atoms with Crippen molar-refractivity contribution < 1.29 is 4.74 Å². The molecule has 0 unspecified atom stereocenters. The van der Waals surface area contributed by atoms with E-state index in [9.17, 15) is 0 Å². The van der Waals surface area contributed by atoms with Crippen molar-refractivity contribution in [2.75, 3.05) is 9.80 Å². The van der Waals surface area contributed by atoms with Gasteiger partial charge in [-0.3, -0.25) is 0 Å². The predicted octanol–water partition coefficient (Wildman–Crippen LogP) is 19.4. The third-order valence-corrected chi connectivity index (χ3v) is 17.3. The highest BCUT2D eigenvalue weighted by Crippen LogP contribution is 2.65. The van der Waals surface area contributed by atoms with Crippen molar-refractivity contribution in [1.82, 2.24) is 0 Å². The van der Waals surface area contributed by atoms with E-state index in [1.807, 2.05) is 0 Å². The SMILES string of the molecule is CC1(C)c2ccccc2-c2ccc(N(c3ccccc3)c3cccc4c3Oc3c(N(c5ccccc5)c5ccc6c(c5)C(C)(C)c5ccccc5-6)cccc3C43c4ccccc4-c4ccccc4-c4ccccc43)cc21. The summed E-state index contributed by atoms with van der Waals surface area (Å²) in [6.45, 7) is 9.45. The Labute approximate surface area is 445 Å². The number of benzene rings is 11. The normalized spacial score (nSPS) is 14.7. The zero-order chi connectivity index (χ0) is 50.9. The number of fused-ring (bicyclic) bond motifs is 17. The smallest absolute Gasteiger partial charge is 0.156 e. The van der Waals surface area contributed by atoms with Gasteiger partial charge in [-0.2, -0.15) is 0 Å². The van der Waals surface area contributed by atoms with Gasteiger partial charge in [-0.25, -0.2) is 0 Å². The molecular formula is C73H54N2O. The fraction of sp³-hybridized carbons (Fsp3) is 0.0959. The molecule has 0 fully saturated rings. The molecule has 0 bridgehead atoms. The molecule has 0 saturated carbocycles. The van der Waals surface area contributed by atoms with Crippen LogP contribution in [0.3, 0.4) is 0 Å². The first-order valence-electron chi connectivity index (χ1n) is 26.7. The topological polar surface area (TPSA) is 15.7 Å². The molecule has 0 atom stereocenters. The minimum absolute atomic E-state index is 0.200. The molecule has 4 aliphatic rings. The van der Waals surface area contributed by atoms with E-state index in [2.05, 4.69) is 292 Å². The largest absolute Gasteiger partial charge is 0.452 e. The van der Waals surface area contributed by atoms with Crippen LogP contribution in [0.4, 0.5) is 34.1 Å². The molecular weight excluding hydrogens is 921 g/mol. The molecule has 0 amide bonds. The Morgan fingerprint density at radius 1 is 0.250 bits per heavy atom. The Morgan fingerprint density at radius 3 is 0.974 bits per heavy atom. The Bertz CT molecular complexity index is 3900. The highest BCUT2D eigenvalue weighted by atomic mass is 16.5. The molecule has 362 valence electrons. The lowest BCUT2D eigenvalue weighted by Gasteiger charge is -2.44. The number of nitrogens with zero attached hydrogens (tertiary/aromatic N) is 2. The van der Waals surface area contributed by atoms with E-state index in [4.69, 9.17) is 4.74 Å². The average molecular weight is 975 g/mol. The van der Waals surface area contributed by atoms with E-state index in [1.165, 1.54) is 77.9 Å². The molecule has 3 nitrogen and oxygen atoms in total. The Kier molecular flexibility index (Phi) is 9.57. The molecule has 11 aromatic carbocycles. The molecule has 15 rings (SSSR count). The van der Waals surface area contributed by atoms with Gasteiger partial charge in [-0.15, -0.1) is 0 Å². The van der Waals surface area contributed by atoms with Gasteiger partial charge in [-0.05, 0) is 139 Å². The first-order chi connectivity index (χ1) is 37.2. The third-order valence-electron chi connectivity index (χ3n) is 17.3. The van der Waals surface area contributed by atoms with E-state index in [0.29, 0.717) is 0 Å². The van der Waals surface area contributed by atoms with Crippen molar-refractivity contribution >= 4 is 34.1 Å². The van der Waals surface area contributed by atoms with Gasteiger partial charge in [0.05, 0.1) is 16.8 Å². The summed E-state index contributed by atoms with van der Waals surface area (Å²) in [6.07, 6.45) is 0. The van der Waals surface area contributed by atoms with Crippen LogP contribution >= 0.6 is 0 Å². The molecule has 1 aliphatic heterocycles. The van der Waals surface area contributed by atoms with Crippen molar-refractivity contribution in [3.8, 4) is 56.0 Å². The van der Waals surface area contributed by atoms with Crippen molar-refractivity contribution in [2.45, 2.75) is 43.9 Å². The van der Waals surface area contributed by atoms with E-state index >= 15 is 0 Å². The molecule has 0 N–H and O–H groups in total. The molecule has 1 heterocycles. The molecule has 11 aromatic rings. The standard InChI is InChI=1S/C73H54N2O/c1-71(2)59-33-17-13-31-55(59)57-43-41-49(45-65(57)71)74(47-23-7-5-8-24-47)67-39-21-37-63-69(67)76-70-64(73(63)61-35-19-15-29-53(61)51-27-11-12-28-52(51)54-30-16-20-36-62(54)73)38-22-40-68(70)75(48-25-9-6-10-26-48)50-42-44-58-56-32-14-18-34-60(56)72(3,4)66(58)46-50/h5-46H,1-4H3. The Balaban J connectivity index is 1.04. The Hall–Kier alpha value is -9.18. The number of para-hydroxylation sites is 4. The fourth-order valence-corrected chi connectivity index (χ4v) is 13.9. The fourth-order valence-electron chi connectivity index (χ4n) is 13.9. The number of anilines is 6. The monoisotopic (exact) mass is 974 g/mol. The summed E-state index contributed by atoms with van der Waals surface area (Å²) in [5, 5.41) is 0. The lowest BCUT2D eigenvalue weighted by molar-refractivity contribution is 0.437. The molecule has 0 radical (unpaired) electrons. The minimum atomic E-state index is -0.866. The first-order valence-corrected chi connectivity index (χ1v) is 26.7. The van der Waals surface area contributed by atoms with E-state index in [0.717, 1.165) is 56.8 Å². The zero-order valence-corrected chi connectivity index (χ0v) is 43.1. The van der Waals surface area contributed by atoms with Crippen LogP contribution in [0, 0.1) is 0 Å². The van der Waals surface area contributed by atoms with Crippen LogP contribution in [0.5, 0.6) is 11.5 Å². The van der Waals surface area contributed by atoms with Gasteiger partial charge in [0.2, 0.25) is 0 Å². The van der Waals surface area contributed by atoms with Crippen LogP contribution in [0.25, 0.3) is 44.5 Å². The van der Waals surface area contributed by atoms with Crippen LogP contribution in [0.15, 0.2) is 255 Å². The summed E-state index contributed by atoms with van der Waals surface area (Å²) in [4.78, 5) is 4.86. The second kappa shape index (κ2) is 16.4. The maximum atomic E-state index is 8.05. The van der Waals surface area contributed by atoms with E-state index in [-0.39, 0.29) is 10.8 Å². The molecule has 3 heteroatoms. The number of ether oxygens (including phenoxy) is 1. The van der Waals surface area contributed by atoms with Gasteiger partial charge in [-0.1, -0.05) is 222 Å². The Morgan fingerprint density at radius 2 is 0.566 bits per heavy atom. The molecule has 1 spiro atoms. The molecule has 0 aromatic heterocycles. The lowest BCUT2D eigenvalue weighted by Crippen LogP contribution is -2.35. The zero-order valence-electron chi connectivity index (χ0n) is 43.1. The summed E-state index contributed by atoms with van der Waals surface area (Å²) in [7, 11) is 0. The van der Waals surface area contributed by atoms with Gasteiger partial charge in [0.25, 0.3) is 0 Å². The molecule has 0 saturated heterocycles. The van der Waals surface area contributed by atoms with E-state index < -0.39 is 5.41 Å². The highest BCUT2D eigenvalue weighted by Gasteiger charge is 2.51. The van der Waals surface area contributed by atoms with Crippen molar-refractivity contribution in [3.63, 3.8) is 0 Å². The molecule has 3 aliphatic carbocycles. The quantitative estimate of drug-likeness (QED) is 0.165. The summed E-state index contributed by atoms with van der Waals surface area (Å²) < 4.78 is 8.05. The third kappa shape index (κ3) is 6.11.